The van der Waals surface area contributed by atoms with Crippen molar-refractivity contribution in [1.82, 2.24) is 9.71 Å². The molecule has 0 saturated heterocycles. The van der Waals surface area contributed by atoms with E-state index in [1.54, 1.807) is 6.07 Å². The van der Waals surface area contributed by atoms with Crippen molar-refractivity contribution in [3.63, 3.8) is 0 Å². The van der Waals surface area contributed by atoms with Gasteiger partial charge >= 0.3 is 0 Å². The molecule has 0 aliphatic heterocycles. The van der Waals surface area contributed by atoms with Gasteiger partial charge in [-0.15, -0.1) is 0 Å². The molecule has 1 aliphatic carbocycles. The predicted molar refractivity (Wildman–Crippen MR) is 82.1 cm³/mol. The Bertz CT molecular complexity index is 879. The summed E-state index contributed by atoms with van der Waals surface area (Å²) in [5.41, 5.74) is 0.407. The highest BCUT2D eigenvalue weighted by molar-refractivity contribution is 7.89. The Kier molecular flexibility index (Phi) is 4.08. The van der Waals surface area contributed by atoms with Gasteiger partial charge in [0.15, 0.2) is 5.03 Å². The molecule has 0 bridgehead atoms. The Balaban J connectivity index is 1.99. The van der Waals surface area contributed by atoms with Gasteiger partial charge in [-0.1, -0.05) is 18.2 Å². The number of benzene rings is 1. The summed E-state index contributed by atoms with van der Waals surface area (Å²) in [5.74, 6) is -3.56. The number of alkyl halides is 2. The molecule has 8 heteroatoms. The number of allylic oxidation sites excluding steroid dienone is 2. The molecule has 4 nitrogen and oxygen atoms in total. The number of nitrogens with zero attached hydrogens (tertiary/aromatic N) is 1. The van der Waals surface area contributed by atoms with Crippen LogP contribution < -0.4 is 4.72 Å². The summed E-state index contributed by atoms with van der Waals surface area (Å²) in [4.78, 5) is 3.73. The van der Waals surface area contributed by atoms with E-state index in [1.807, 2.05) is 0 Å². The number of pyridine rings is 1. The van der Waals surface area contributed by atoms with Crippen molar-refractivity contribution >= 4 is 15.6 Å². The van der Waals surface area contributed by atoms with E-state index in [-0.39, 0.29) is 16.3 Å². The van der Waals surface area contributed by atoms with Crippen LogP contribution in [0, 0.1) is 5.82 Å². The number of rotatable bonds is 4. The second kappa shape index (κ2) is 5.94. The van der Waals surface area contributed by atoms with Crippen molar-refractivity contribution < 1.29 is 21.6 Å². The number of nitrogens with one attached hydrogen (secondary N) is 1. The van der Waals surface area contributed by atoms with Crippen LogP contribution in [0.5, 0.6) is 0 Å². The van der Waals surface area contributed by atoms with Gasteiger partial charge in [0.05, 0.1) is 6.42 Å². The molecule has 1 aromatic heterocycles. The molecule has 24 heavy (non-hydrogen) atoms. The standard InChI is InChI=1S/C16H13F3N2O2S/c17-12-6-4-11(5-7-12)13-9-16(18,19)10-14(13)21-24(22,23)15-3-1-2-8-20-15/h1-8,21H,9-10H2. The number of aromatic nitrogens is 1. The van der Waals surface area contributed by atoms with Crippen molar-refractivity contribution in [2.24, 2.45) is 0 Å². The molecule has 1 aliphatic rings. The van der Waals surface area contributed by atoms with Crippen molar-refractivity contribution in [3.05, 3.63) is 65.7 Å². The summed E-state index contributed by atoms with van der Waals surface area (Å²) in [6, 6.07) is 9.29. The predicted octanol–water partition coefficient (Wildman–Crippen LogP) is 3.34. The van der Waals surface area contributed by atoms with Crippen molar-refractivity contribution in [3.8, 4) is 0 Å². The van der Waals surface area contributed by atoms with Crippen molar-refractivity contribution in [1.29, 1.82) is 0 Å². The van der Waals surface area contributed by atoms with Crippen LogP contribution in [0.1, 0.15) is 18.4 Å². The maximum Gasteiger partial charge on any atom is 0.279 e. The average molecular weight is 354 g/mol. The molecule has 1 aromatic carbocycles. The molecule has 1 heterocycles. The lowest BCUT2D eigenvalue weighted by Crippen LogP contribution is -2.25. The minimum Gasteiger partial charge on any atom is -0.282 e. The maximum absolute atomic E-state index is 13.8. The zero-order chi connectivity index (χ0) is 17.4. The van der Waals surface area contributed by atoms with Gasteiger partial charge in [0.1, 0.15) is 5.82 Å². The Labute approximate surface area is 137 Å². The Morgan fingerprint density at radius 1 is 1.04 bits per heavy atom. The first-order valence-corrected chi connectivity index (χ1v) is 8.55. The highest BCUT2D eigenvalue weighted by Gasteiger charge is 2.41. The van der Waals surface area contributed by atoms with Crippen LogP contribution in [-0.2, 0) is 10.0 Å². The zero-order valence-corrected chi connectivity index (χ0v) is 13.2. The van der Waals surface area contributed by atoms with Gasteiger partial charge in [-0.2, -0.15) is 8.42 Å². The molecule has 126 valence electrons. The van der Waals surface area contributed by atoms with Crippen LogP contribution in [-0.4, -0.2) is 19.3 Å². The Morgan fingerprint density at radius 3 is 2.38 bits per heavy atom. The third-order valence-electron chi connectivity index (χ3n) is 3.60. The van der Waals surface area contributed by atoms with Crippen molar-refractivity contribution in [2.75, 3.05) is 0 Å². The van der Waals surface area contributed by atoms with E-state index >= 15 is 0 Å². The van der Waals surface area contributed by atoms with E-state index < -0.39 is 34.6 Å². The van der Waals surface area contributed by atoms with E-state index in [4.69, 9.17) is 0 Å². The van der Waals surface area contributed by atoms with Gasteiger partial charge in [0, 0.05) is 18.3 Å². The topological polar surface area (TPSA) is 59.1 Å². The van der Waals surface area contributed by atoms with Crippen LogP contribution in [0.3, 0.4) is 0 Å². The Hall–Kier alpha value is -2.35. The summed E-state index contributed by atoms with van der Waals surface area (Å²) in [7, 11) is -4.07. The fraction of sp³-hybridized carbons (Fsp3) is 0.188. The molecule has 0 atom stereocenters. The lowest BCUT2D eigenvalue weighted by Gasteiger charge is -2.11. The van der Waals surface area contributed by atoms with Crippen LogP contribution in [0.15, 0.2) is 59.4 Å². The highest BCUT2D eigenvalue weighted by Crippen LogP contribution is 2.43. The van der Waals surface area contributed by atoms with E-state index in [9.17, 15) is 21.6 Å². The number of halogens is 3. The maximum atomic E-state index is 13.8. The van der Waals surface area contributed by atoms with Gasteiger partial charge in [-0.25, -0.2) is 18.2 Å². The monoisotopic (exact) mass is 354 g/mol. The zero-order valence-electron chi connectivity index (χ0n) is 12.3. The first kappa shape index (κ1) is 16.5. The molecule has 1 N–H and O–H groups in total. The summed E-state index contributed by atoms with van der Waals surface area (Å²) >= 11 is 0. The highest BCUT2D eigenvalue weighted by atomic mass is 32.2. The van der Waals surface area contributed by atoms with Gasteiger partial charge in [-0.3, -0.25) is 4.72 Å². The van der Waals surface area contributed by atoms with Gasteiger partial charge < -0.3 is 0 Å². The molecule has 0 fully saturated rings. The summed E-state index contributed by atoms with van der Waals surface area (Å²) < 4.78 is 67.5. The third kappa shape index (κ3) is 3.43. The van der Waals surface area contributed by atoms with Gasteiger partial charge in [-0.05, 0) is 35.4 Å². The largest absolute Gasteiger partial charge is 0.282 e. The minimum atomic E-state index is -4.07. The minimum absolute atomic E-state index is 0.0998. The Morgan fingerprint density at radius 2 is 1.75 bits per heavy atom. The summed E-state index contributed by atoms with van der Waals surface area (Å²) in [5, 5.41) is -0.258. The van der Waals surface area contributed by atoms with Crippen LogP contribution in [0.2, 0.25) is 0 Å². The molecule has 2 aromatic rings. The number of hydrogen-bond donors (Lipinski definition) is 1. The second-order valence-corrected chi connectivity index (χ2v) is 7.08. The summed E-state index contributed by atoms with van der Waals surface area (Å²) in [6.07, 6.45) is -0.0441. The van der Waals surface area contributed by atoms with E-state index in [0.717, 1.165) is 12.1 Å². The normalized spacial score (nSPS) is 17.1. The molecule has 0 spiro atoms. The first-order valence-electron chi connectivity index (χ1n) is 7.06. The number of hydrogen-bond acceptors (Lipinski definition) is 3. The SMILES string of the molecule is O=S(=O)(NC1=C(c2ccc(F)cc2)CC(F)(F)C1)c1ccccn1. The molecular weight excluding hydrogens is 341 g/mol. The van der Waals surface area contributed by atoms with Crippen molar-refractivity contribution in [2.45, 2.75) is 23.8 Å². The quantitative estimate of drug-likeness (QED) is 0.916. The van der Waals surface area contributed by atoms with E-state index in [2.05, 4.69) is 9.71 Å². The lowest BCUT2D eigenvalue weighted by atomic mass is 10.0. The van der Waals surface area contributed by atoms with E-state index in [0.29, 0.717) is 5.56 Å². The smallest absolute Gasteiger partial charge is 0.279 e. The van der Waals surface area contributed by atoms with E-state index in [1.165, 1.54) is 30.5 Å². The molecular formula is C16H13F3N2O2S. The van der Waals surface area contributed by atoms with Crippen LogP contribution in [0.25, 0.3) is 5.57 Å². The fourth-order valence-corrected chi connectivity index (χ4v) is 3.62. The number of sulfonamides is 1. The third-order valence-corrected chi connectivity index (χ3v) is 4.91. The summed E-state index contributed by atoms with van der Waals surface area (Å²) in [6.45, 7) is 0. The molecule has 0 saturated carbocycles. The molecule has 3 rings (SSSR count). The molecule has 0 unspecified atom stereocenters. The van der Waals surface area contributed by atoms with Gasteiger partial charge in [0.2, 0.25) is 0 Å². The van der Waals surface area contributed by atoms with Gasteiger partial charge in [0.25, 0.3) is 15.9 Å². The second-order valence-electron chi connectivity index (χ2n) is 5.45. The lowest BCUT2D eigenvalue weighted by molar-refractivity contribution is 0.0149. The van der Waals surface area contributed by atoms with Crippen LogP contribution in [0.4, 0.5) is 13.2 Å². The average Bonchev–Trinajstić information content (AvgIpc) is 2.83. The fourth-order valence-electron chi connectivity index (χ4n) is 2.54. The van der Waals surface area contributed by atoms with Crippen LogP contribution >= 0.6 is 0 Å². The molecule has 0 amide bonds. The first-order chi connectivity index (χ1) is 11.3. The molecule has 0 radical (unpaired) electrons.